The van der Waals surface area contributed by atoms with E-state index in [-0.39, 0.29) is 17.8 Å². The third-order valence-corrected chi connectivity index (χ3v) is 2.52. The maximum absolute atomic E-state index is 11.6. The Labute approximate surface area is 91.3 Å². The van der Waals surface area contributed by atoms with Crippen LogP contribution in [0.4, 0.5) is 0 Å². The van der Waals surface area contributed by atoms with Gasteiger partial charge in [-0.15, -0.1) is 0 Å². The van der Waals surface area contributed by atoms with Crippen molar-refractivity contribution in [2.75, 3.05) is 7.11 Å². The smallest absolute Gasteiger partial charge is 0.313 e. The summed E-state index contributed by atoms with van der Waals surface area (Å²) in [6, 6.07) is 8.03. The van der Waals surface area contributed by atoms with Crippen LogP contribution in [0.5, 0.6) is 0 Å². The van der Waals surface area contributed by atoms with Gasteiger partial charge in [0, 0.05) is 0 Å². The van der Waals surface area contributed by atoms with E-state index in [2.05, 4.69) is 0 Å². The SMILES string of the molecule is COC(=O)C(c1cccc(C)c1)C(C)C. The molecule has 0 aromatic heterocycles. The van der Waals surface area contributed by atoms with Crippen LogP contribution < -0.4 is 0 Å². The third kappa shape index (κ3) is 2.82. The lowest BCUT2D eigenvalue weighted by molar-refractivity contribution is -0.143. The van der Waals surface area contributed by atoms with Crippen LogP contribution in [-0.2, 0) is 9.53 Å². The maximum Gasteiger partial charge on any atom is 0.313 e. The first kappa shape index (κ1) is 11.8. The summed E-state index contributed by atoms with van der Waals surface area (Å²) in [5, 5.41) is 0. The third-order valence-electron chi connectivity index (χ3n) is 2.52. The van der Waals surface area contributed by atoms with Crippen LogP contribution in [0.1, 0.15) is 30.9 Å². The Bertz CT molecular complexity index is 342. The molecule has 0 spiro atoms. The number of ether oxygens (including phenoxy) is 1. The van der Waals surface area contributed by atoms with Gasteiger partial charge in [-0.05, 0) is 18.4 Å². The van der Waals surface area contributed by atoms with Crippen molar-refractivity contribution in [2.24, 2.45) is 5.92 Å². The van der Waals surface area contributed by atoms with Crippen LogP contribution in [0, 0.1) is 12.8 Å². The minimum atomic E-state index is -0.158. The van der Waals surface area contributed by atoms with Gasteiger partial charge in [0.05, 0.1) is 13.0 Å². The number of carbonyl (C=O) groups is 1. The molecule has 0 amide bonds. The maximum atomic E-state index is 11.6. The molecule has 2 heteroatoms. The number of hydrogen-bond acceptors (Lipinski definition) is 2. The summed E-state index contributed by atoms with van der Waals surface area (Å²) in [6.07, 6.45) is 0. The van der Waals surface area contributed by atoms with Gasteiger partial charge in [0.1, 0.15) is 0 Å². The summed E-state index contributed by atoms with van der Waals surface area (Å²) in [5.41, 5.74) is 2.21. The van der Waals surface area contributed by atoms with E-state index in [9.17, 15) is 4.79 Å². The molecule has 0 radical (unpaired) electrons. The molecule has 0 aliphatic rings. The van der Waals surface area contributed by atoms with Crippen LogP contribution in [0.15, 0.2) is 24.3 Å². The molecule has 1 rings (SSSR count). The second-order valence-electron chi connectivity index (χ2n) is 4.16. The van der Waals surface area contributed by atoms with Crippen molar-refractivity contribution in [3.05, 3.63) is 35.4 Å². The van der Waals surface area contributed by atoms with E-state index >= 15 is 0 Å². The van der Waals surface area contributed by atoms with Crippen molar-refractivity contribution >= 4 is 5.97 Å². The summed E-state index contributed by atoms with van der Waals surface area (Å²) >= 11 is 0. The van der Waals surface area contributed by atoms with Crippen molar-refractivity contribution in [1.82, 2.24) is 0 Å². The summed E-state index contributed by atoms with van der Waals surface area (Å²) in [7, 11) is 1.44. The molecule has 0 N–H and O–H groups in total. The Kier molecular flexibility index (Phi) is 3.89. The minimum absolute atomic E-state index is 0.157. The monoisotopic (exact) mass is 206 g/mol. The molecule has 0 heterocycles. The molecule has 1 aromatic carbocycles. The fourth-order valence-electron chi connectivity index (χ4n) is 1.78. The molecule has 15 heavy (non-hydrogen) atoms. The quantitative estimate of drug-likeness (QED) is 0.711. The van der Waals surface area contributed by atoms with E-state index in [1.54, 1.807) is 0 Å². The van der Waals surface area contributed by atoms with Gasteiger partial charge < -0.3 is 4.74 Å². The number of rotatable bonds is 3. The number of aryl methyl sites for hydroxylation is 1. The zero-order valence-electron chi connectivity index (χ0n) is 9.78. The first-order valence-corrected chi connectivity index (χ1v) is 5.20. The Morgan fingerprint density at radius 1 is 1.33 bits per heavy atom. The summed E-state index contributed by atoms with van der Waals surface area (Å²) < 4.78 is 4.83. The minimum Gasteiger partial charge on any atom is -0.469 e. The van der Waals surface area contributed by atoms with Crippen molar-refractivity contribution < 1.29 is 9.53 Å². The van der Waals surface area contributed by atoms with Crippen LogP contribution in [-0.4, -0.2) is 13.1 Å². The van der Waals surface area contributed by atoms with E-state index in [1.807, 2.05) is 45.0 Å². The van der Waals surface area contributed by atoms with E-state index in [0.29, 0.717) is 0 Å². The molecule has 0 saturated carbocycles. The van der Waals surface area contributed by atoms with Gasteiger partial charge >= 0.3 is 5.97 Å². The van der Waals surface area contributed by atoms with Crippen molar-refractivity contribution in [1.29, 1.82) is 0 Å². The molecule has 82 valence electrons. The molecule has 1 aromatic rings. The first-order valence-electron chi connectivity index (χ1n) is 5.20. The van der Waals surface area contributed by atoms with Crippen LogP contribution in [0.2, 0.25) is 0 Å². The zero-order valence-corrected chi connectivity index (χ0v) is 9.78. The fraction of sp³-hybridized carbons (Fsp3) is 0.462. The van der Waals surface area contributed by atoms with E-state index in [4.69, 9.17) is 4.74 Å². The van der Waals surface area contributed by atoms with Crippen molar-refractivity contribution in [3.8, 4) is 0 Å². The second-order valence-corrected chi connectivity index (χ2v) is 4.16. The lowest BCUT2D eigenvalue weighted by atomic mass is 9.88. The van der Waals surface area contributed by atoms with E-state index < -0.39 is 0 Å². The molecule has 0 aliphatic carbocycles. The molecule has 2 nitrogen and oxygen atoms in total. The van der Waals surface area contributed by atoms with Gasteiger partial charge in [0.25, 0.3) is 0 Å². The predicted octanol–water partition coefficient (Wildman–Crippen LogP) is 2.91. The largest absolute Gasteiger partial charge is 0.469 e. The Morgan fingerprint density at radius 3 is 2.47 bits per heavy atom. The number of benzene rings is 1. The average molecular weight is 206 g/mol. The number of carbonyl (C=O) groups excluding carboxylic acids is 1. The zero-order chi connectivity index (χ0) is 11.4. The number of esters is 1. The van der Waals surface area contributed by atoms with Crippen molar-refractivity contribution in [2.45, 2.75) is 26.7 Å². The molecule has 0 aliphatic heterocycles. The lowest BCUT2D eigenvalue weighted by Crippen LogP contribution is -2.19. The number of methoxy groups -OCH3 is 1. The normalized spacial score (nSPS) is 12.6. The van der Waals surface area contributed by atoms with Crippen LogP contribution in [0.25, 0.3) is 0 Å². The molecule has 0 bridgehead atoms. The predicted molar refractivity (Wildman–Crippen MR) is 60.8 cm³/mol. The molecule has 0 saturated heterocycles. The highest BCUT2D eigenvalue weighted by Gasteiger charge is 2.24. The lowest BCUT2D eigenvalue weighted by Gasteiger charge is -2.18. The standard InChI is InChI=1S/C13H18O2/c1-9(2)12(13(14)15-4)11-7-5-6-10(3)8-11/h5-9,12H,1-4H3. The average Bonchev–Trinajstić information content (AvgIpc) is 2.17. The highest BCUT2D eigenvalue weighted by atomic mass is 16.5. The second kappa shape index (κ2) is 4.96. The summed E-state index contributed by atoms with van der Waals surface area (Å²) in [5.74, 6) is -0.0650. The first-order chi connectivity index (χ1) is 7.06. The van der Waals surface area contributed by atoms with Gasteiger partial charge in [-0.1, -0.05) is 43.7 Å². The summed E-state index contributed by atoms with van der Waals surface area (Å²) in [6.45, 7) is 6.09. The highest BCUT2D eigenvalue weighted by molar-refractivity contribution is 5.78. The van der Waals surface area contributed by atoms with Gasteiger partial charge in [-0.25, -0.2) is 0 Å². The molecule has 0 fully saturated rings. The van der Waals surface area contributed by atoms with Gasteiger partial charge in [0.2, 0.25) is 0 Å². The van der Waals surface area contributed by atoms with E-state index in [0.717, 1.165) is 5.56 Å². The molecular weight excluding hydrogens is 188 g/mol. The Morgan fingerprint density at radius 2 is 2.00 bits per heavy atom. The van der Waals surface area contributed by atoms with E-state index in [1.165, 1.54) is 12.7 Å². The van der Waals surface area contributed by atoms with Gasteiger partial charge in [-0.3, -0.25) is 4.79 Å². The highest BCUT2D eigenvalue weighted by Crippen LogP contribution is 2.26. The topological polar surface area (TPSA) is 26.3 Å². The summed E-state index contributed by atoms with van der Waals surface area (Å²) in [4.78, 5) is 11.6. The molecule has 1 unspecified atom stereocenters. The Hall–Kier alpha value is -1.31. The van der Waals surface area contributed by atoms with Crippen molar-refractivity contribution in [3.63, 3.8) is 0 Å². The fourth-order valence-corrected chi connectivity index (χ4v) is 1.78. The molecular formula is C13H18O2. The Balaban J connectivity index is 3.04. The van der Waals surface area contributed by atoms with Crippen LogP contribution >= 0.6 is 0 Å². The number of hydrogen-bond donors (Lipinski definition) is 0. The van der Waals surface area contributed by atoms with Crippen LogP contribution in [0.3, 0.4) is 0 Å². The van der Waals surface area contributed by atoms with Gasteiger partial charge in [0.15, 0.2) is 0 Å². The molecule has 1 atom stereocenters. The van der Waals surface area contributed by atoms with Gasteiger partial charge in [-0.2, -0.15) is 0 Å².